The standard InChI is InChI=1S/C9H8N2O5S/c12-9(13)5-11-17(14,15)7-1-2-8-6(3-7)4-10-16-8/h1-4,11H,5H2,(H,12,13). The summed E-state index contributed by atoms with van der Waals surface area (Å²) in [6, 6.07) is 4.13. The van der Waals surface area contributed by atoms with Crippen LogP contribution in [0.15, 0.2) is 33.8 Å². The maximum atomic E-state index is 11.7. The number of hydrogen-bond donors (Lipinski definition) is 2. The van der Waals surface area contributed by atoms with Crippen molar-refractivity contribution in [3.8, 4) is 0 Å². The van der Waals surface area contributed by atoms with Crippen molar-refractivity contribution in [1.82, 2.24) is 9.88 Å². The molecule has 0 bridgehead atoms. The first-order valence-corrected chi connectivity index (χ1v) is 6.03. The summed E-state index contributed by atoms with van der Waals surface area (Å²) in [6.07, 6.45) is 1.38. The molecule has 0 aliphatic heterocycles. The lowest BCUT2D eigenvalue weighted by Gasteiger charge is -2.03. The molecule has 90 valence electrons. The molecule has 2 rings (SSSR count). The summed E-state index contributed by atoms with van der Waals surface area (Å²) >= 11 is 0. The Morgan fingerprint density at radius 2 is 2.24 bits per heavy atom. The zero-order valence-electron chi connectivity index (χ0n) is 8.45. The fraction of sp³-hybridized carbons (Fsp3) is 0.111. The summed E-state index contributed by atoms with van der Waals surface area (Å²) in [7, 11) is -3.82. The van der Waals surface area contributed by atoms with Crippen LogP contribution in [0.4, 0.5) is 0 Å². The van der Waals surface area contributed by atoms with E-state index in [-0.39, 0.29) is 4.90 Å². The van der Waals surface area contributed by atoms with Crippen LogP contribution in [0.2, 0.25) is 0 Å². The number of carboxylic acids is 1. The van der Waals surface area contributed by atoms with Gasteiger partial charge < -0.3 is 9.63 Å². The predicted molar refractivity (Wildman–Crippen MR) is 56.8 cm³/mol. The summed E-state index contributed by atoms with van der Waals surface area (Å²) in [5, 5.41) is 12.5. The van der Waals surface area contributed by atoms with E-state index in [4.69, 9.17) is 9.63 Å². The number of fused-ring (bicyclic) bond motifs is 1. The van der Waals surface area contributed by atoms with Gasteiger partial charge in [-0.05, 0) is 18.2 Å². The van der Waals surface area contributed by atoms with E-state index in [1.165, 1.54) is 24.4 Å². The molecule has 1 aromatic carbocycles. The highest BCUT2D eigenvalue weighted by molar-refractivity contribution is 7.89. The van der Waals surface area contributed by atoms with Crippen LogP contribution in [0.25, 0.3) is 11.0 Å². The topological polar surface area (TPSA) is 110 Å². The van der Waals surface area contributed by atoms with Gasteiger partial charge in [-0.3, -0.25) is 4.79 Å². The van der Waals surface area contributed by atoms with Gasteiger partial charge in [0.05, 0.1) is 11.1 Å². The van der Waals surface area contributed by atoms with Gasteiger partial charge in [-0.1, -0.05) is 5.16 Å². The third kappa shape index (κ3) is 2.43. The van der Waals surface area contributed by atoms with Crippen molar-refractivity contribution in [2.45, 2.75) is 4.90 Å². The molecule has 0 aliphatic carbocycles. The summed E-state index contributed by atoms with van der Waals surface area (Å²) < 4.78 is 30.1. The molecule has 7 nitrogen and oxygen atoms in total. The molecule has 2 N–H and O–H groups in total. The highest BCUT2D eigenvalue weighted by Crippen LogP contribution is 2.18. The Morgan fingerprint density at radius 3 is 2.94 bits per heavy atom. The largest absolute Gasteiger partial charge is 0.480 e. The number of carboxylic acid groups (broad SMARTS) is 1. The molecule has 0 saturated heterocycles. The number of aromatic nitrogens is 1. The zero-order chi connectivity index (χ0) is 12.5. The molecule has 17 heavy (non-hydrogen) atoms. The molecule has 2 aromatic rings. The molecule has 0 atom stereocenters. The number of nitrogens with zero attached hydrogens (tertiary/aromatic N) is 1. The van der Waals surface area contributed by atoms with Crippen molar-refractivity contribution in [1.29, 1.82) is 0 Å². The van der Waals surface area contributed by atoms with E-state index in [1.807, 2.05) is 4.72 Å². The van der Waals surface area contributed by atoms with E-state index < -0.39 is 22.5 Å². The van der Waals surface area contributed by atoms with Crippen LogP contribution in [-0.2, 0) is 14.8 Å². The molecule has 0 radical (unpaired) electrons. The van der Waals surface area contributed by atoms with E-state index in [0.29, 0.717) is 11.0 Å². The maximum absolute atomic E-state index is 11.7. The van der Waals surface area contributed by atoms with Gasteiger partial charge >= 0.3 is 5.97 Å². The number of hydrogen-bond acceptors (Lipinski definition) is 5. The highest BCUT2D eigenvalue weighted by Gasteiger charge is 2.16. The van der Waals surface area contributed by atoms with Crippen LogP contribution in [0.3, 0.4) is 0 Å². The Kier molecular flexibility index (Phi) is 2.82. The summed E-state index contributed by atoms with van der Waals surface area (Å²) in [5.41, 5.74) is 0.460. The second kappa shape index (κ2) is 4.15. The molecule has 0 aliphatic rings. The highest BCUT2D eigenvalue weighted by atomic mass is 32.2. The normalized spacial score (nSPS) is 11.8. The van der Waals surface area contributed by atoms with Crippen molar-refractivity contribution < 1.29 is 22.8 Å². The zero-order valence-corrected chi connectivity index (χ0v) is 9.27. The van der Waals surface area contributed by atoms with Crippen LogP contribution >= 0.6 is 0 Å². The Labute approximate surface area is 96.1 Å². The monoisotopic (exact) mass is 256 g/mol. The smallest absolute Gasteiger partial charge is 0.318 e. The maximum Gasteiger partial charge on any atom is 0.318 e. The minimum Gasteiger partial charge on any atom is -0.480 e. The molecular formula is C9H8N2O5S. The fourth-order valence-electron chi connectivity index (χ4n) is 1.26. The minimum absolute atomic E-state index is 0.0329. The molecule has 1 heterocycles. The third-order valence-electron chi connectivity index (χ3n) is 2.05. The molecule has 0 saturated carbocycles. The number of benzene rings is 1. The van der Waals surface area contributed by atoms with Gasteiger partial charge in [0.2, 0.25) is 10.0 Å². The van der Waals surface area contributed by atoms with Crippen LogP contribution < -0.4 is 4.72 Å². The molecule has 0 unspecified atom stereocenters. The number of sulfonamides is 1. The van der Waals surface area contributed by atoms with E-state index in [1.54, 1.807) is 0 Å². The number of aliphatic carboxylic acids is 1. The van der Waals surface area contributed by atoms with Gasteiger partial charge in [-0.15, -0.1) is 0 Å². The van der Waals surface area contributed by atoms with Gasteiger partial charge in [-0.2, -0.15) is 4.72 Å². The van der Waals surface area contributed by atoms with Crippen LogP contribution in [-0.4, -0.2) is 31.2 Å². The molecular weight excluding hydrogens is 248 g/mol. The molecule has 0 amide bonds. The van der Waals surface area contributed by atoms with Crippen molar-refractivity contribution in [3.05, 3.63) is 24.4 Å². The summed E-state index contributed by atoms with van der Waals surface area (Å²) in [5.74, 6) is -1.25. The second-order valence-corrected chi connectivity index (χ2v) is 5.01. The van der Waals surface area contributed by atoms with Gasteiger partial charge in [0.25, 0.3) is 0 Å². The number of rotatable bonds is 4. The van der Waals surface area contributed by atoms with Crippen LogP contribution in [0, 0.1) is 0 Å². The third-order valence-corrected chi connectivity index (χ3v) is 3.45. The Balaban J connectivity index is 2.34. The fourth-order valence-corrected chi connectivity index (χ4v) is 2.27. The van der Waals surface area contributed by atoms with Crippen molar-refractivity contribution in [2.75, 3.05) is 6.54 Å². The van der Waals surface area contributed by atoms with E-state index in [9.17, 15) is 13.2 Å². The minimum atomic E-state index is -3.82. The number of nitrogens with one attached hydrogen (secondary N) is 1. The quantitative estimate of drug-likeness (QED) is 0.808. The van der Waals surface area contributed by atoms with Gasteiger partial charge in [-0.25, -0.2) is 8.42 Å². The average molecular weight is 256 g/mol. The second-order valence-electron chi connectivity index (χ2n) is 3.24. The Morgan fingerprint density at radius 1 is 1.47 bits per heavy atom. The number of carbonyl (C=O) groups is 1. The predicted octanol–water partition coefficient (Wildman–Crippen LogP) is 0.191. The van der Waals surface area contributed by atoms with E-state index >= 15 is 0 Å². The lowest BCUT2D eigenvalue weighted by Crippen LogP contribution is -2.29. The first-order chi connectivity index (χ1) is 7.99. The first-order valence-electron chi connectivity index (χ1n) is 4.55. The van der Waals surface area contributed by atoms with E-state index in [0.717, 1.165) is 0 Å². The molecule has 1 aromatic heterocycles. The average Bonchev–Trinajstić information content (AvgIpc) is 2.73. The van der Waals surface area contributed by atoms with Crippen molar-refractivity contribution >= 4 is 27.0 Å². The Hall–Kier alpha value is -1.93. The van der Waals surface area contributed by atoms with Gasteiger partial charge in [0.15, 0.2) is 5.58 Å². The summed E-state index contributed by atoms with van der Waals surface area (Å²) in [6.45, 7) is -0.663. The summed E-state index contributed by atoms with van der Waals surface area (Å²) in [4.78, 5) is 10.3. The van der Waals surface area contributed by atoms with Crippen molar-refractivity contribution in [2.24, 2.45) is 0 Å². The molecule has 0 fully saturated rings. The Bertz CT molecular complexity index is 661. The lowest BCUT2D eigenvalue weighted by molar-refractivity contribution is -0.135. The first kappa shape index (κ1) is 11.6. The SMILES string of the molecule is O=C(O)CNS(=O)(=O)c1ccc2oncc2c1. The molecule has 0 spiro atoms. The molecule has 8 heteroatoms. The van der Waals surface area contributed by atoms with Crippen LogP contribution in [0.5, 0.6) is 0 Å². The van der Waals surface area contributed by atoms with Crippen molar-refractivity contribution in [3.63, 3.8) is 0 Å². The van der Waals surface area contributed by atoms with Crippen LogP contribution in [0.1, 0.15) is 0 Å². The van der Waals surface area contributed by atoms with E-state index in [2.05, 4.69) is 5.16 Å². The lowest BCUT2D eigenvalue weighted by atomic mass is 10.3. The van der Waals surface area contributed by atoms with Gasteiger partial charge in [0.1, 0.15) is 6.54 Å². The van der Waals surface area contributed by atoms with Gasteiger partial charge in [0, 0.05) is 5.39 Å².